The molecule has 0 saturated heterocycles. The lowest BCUT2D eigenvalue weighted by Gasteiger charge is -2.32. The maximum absolute atomic E-state index is 4.54. The van der Waals surface area contributed by atoms with Crippen LogP contribution in [0.15, 0.2) is 165 Å². The zero-order chi connectivity index (χ0) is 32.4. The van der Waals surface area contributed by atoms with Gasteiger partial charge in [-0.2, -0.15) is 0 Å². The minimum Gasteiger partial charge on any atom is -0.0984 e. The van der Waals surface area contributed by atoms with Crippen LogP contribution in [0, 0.1) is 0 Å². The van der Waals surface area contributed by atoms with Gasteiger partial charge in [-0.25, -0.2) is 0 Å². The second-order valence-corrected chi connectivity index (χ2v) is 13.7. The lowest BCUT2D eigenvalue weighted by Crippen LogP contribution is -2.26. The third-order valence-electron chi connectivity index (χ3n) is 11.5. The van der Waals surface area contributed by atoms with Gasteiger partial charge in [0.2, 0.25) is 0 Å². The van der Waals surface area contributed by atoms with Crippen molar-refractivity contribution in [3.05, 3.63) is 204 Å². The smallest absolute Gasteiger partial charge is 0.0737 e. The van der Waals surface area contributed by atoms with Gasteiger partial charge in [-0.05, 0) is 117 Å². The van der Waals surface area contributed by atoms with Gasteiger partial charge in [-0.15, -0.1) is 0 Å². The summed E-state index contributed by atoms with van der Waals surface area (Å²) in [6, 6.07) is 56.7. The molecule has 0 aromatic heterocycles. The van der Waals surface area contributed by atoms with Crippen molar-refractivity contribution >= 4 is 33.2 Å². The number of hydrogen-bond donors (Lipinski definition) is 0. The van der Waals surface area contributed by atoms with E-state index in [1.54, 1.807) is 0 Å². The standard InChI is InChI=1S/C49H30/c1-3-33-35(26-27-41-38-15-7-6-13-34(38)29(2)46(33)41)31-21-23-37-32(28-31)22-25-43-42-24-20-30-12-4-5-14-36(30)47(42)49(48(37)43)44-18-10-8-16-39(44)40-17-9-11-19-45(40)49/h3-28H,1-2H2. The largest absolute Gasteiger partial charge is 0.0984 e. The summed E-state index contributed by atoms with van der Waals surface area (Å²) >= 11 is 0. The Morgan fingerprint density at radius 3 is 1.69 bits per heavy atom. The van der Waals surface area contributed by atoms with E-state index >= 15 is 0 Å². The molecule has 0 fully saturated rings. The minimum atomic E-state index is -0.427. The molecule has 0 aliphatic heterocycles. The van der Waals surface area contributed by atoms with E-state index < -0.39 is 5.41 Å². The van der Waals surface area contributed by atoms with E-state index in [9.17, 15) is 0 Å². The van der Waals surface area contributed by atoms with Crippen molar-refractivity contribution in [3.63, 3.8) is 0 Å². The van der Waals surface area contributed by atoms with Gasteiger partial charge in [0.1, 0.15) is 0 Å². The Morgan fingerprint density at radius 1 is 0.429 bits per heavy atom. The van der Waals surface area contributed by atoms with E-state index in [1.807, 2.05) is 6.08 Å². The summed E-state index contributed by atoms with van der Waals surface area (Å²) in [5.41, 5.74) is 19.9. The summed E-state index contributed by atoms with van der Waals surface area (Å²) in [5, 5.41) is 5.14. The fourth-order valence-electron chi connectivity index (χ4n) is 9.67. The van der Waals surface area contributed by atoms with Crippen molar-refractivity contribution in [2.75, 3.05) is 0 Å². The van der Waals surface area contributed by atoms with Gasteiger partial charge in [0.05, 0.1) is 5.41 Å². The summed E-state index contributed by atoms with van der Waals surface area (Å²) in [6.07, 6.45) is 2.02. The SMILES string of the molecule is C=Cc1c(-c2ccc3c4c(ccc3c2)-c2ccc3ccccc3c2C42c3ccccc3-c3ccccc32)ccc2c1C(=C)c1ccccc1-2. The summed E-state index contributed by atoms with van der Waals surface area (Å²) in [4.78, 5) is 0. The first-order chi connectivity index (χ1) is 24.2. The highest BCUT2D eigenvalue weighted by Gasteiger charge is 2.53. The molecular formula is C49H30. The molecule has 0 radical (unpaired) electrons. The molecule has 0 atom stereocenters. The van der Waals surface area contributed by atoms with Crippen LogP contribution in [0.5, 0.6) is 0 Å². The second-order valence-electron chi connectivity index (χ2n) is 13.7. The molecule has 0 saturated carbocycles. The molecule has 49 heavy (non-hydrogen) atoms. The van der Waals surface area contributed by atoms with Crippen LogP contribution in [0.4, 0.5) is 0 Å². The van der Waals surface area contributed by atoms with Crippen molar-refractivity contribution in [1.82, 2.24) is 0 Å². The first-order valence-corrected chi connectivity index (χ1v) is 17.1. The molecule has 11 rings (SSSR count). The third kappa shape index (κ3) is 3.19. The van der Waals surface area contributed by atoms with Crippen LogP contribution < -0.4 is 0 Å². The average Bonchev–Trinajstić information content (AvgIpc) is 3.75. The van der Waals surface area contributed by atoms with Gasteiger partial charge in [0.15, 0.2) is 0 Å². The molecule has 226 valence electrons. The van der Waals surface area contributed by atoms with E-state index in [-0.39, 0.29) is 0 Å². The van der Waals surface area contributed by atoms with Crippen molar-refractivity contribution in [2.45, 2.75) is 5.41 Å². The van der Waals surface area contributed by atoms with Crippen molar-refractivity contribution < 1.29 is 0 Å². The van der Waals surface area contributed by atoms with Crippen molar-refractivity contribution in [3.8, 4) is 44.5 Å². The zero-order valence-corrected chi connectivity index (χ0v) is 26.9. The molecule has 8 aromatic carbocycles. The number of fused-ring (bicyclic) bond motifs is 17. The van der Waals surface area contributed by atoms with E-state index in [2.05, 4.69) is 165 Å². The molecular weight excluding hydrogens is 589 g/mol. The highest BCUT2D eigenvalue weighted by Crippen LogP contribution is 2.65. The molecule has 0 bridgehead atoms. The molecule has 1 spiro atoms. The van der Waals surface area contributed by atoms with Crippen molar-refractivity contribution in [1.29, 1.82) is 0 Å². The third-order valence-corrected chi connectivity index (χ3v) is 11.5. The van der Waals surface area contributed by atoms with Gasteiger partial charge < -0.3 is 0 Å². The van der Waals surface area contributed by atoms with Crippen molar-refractivity contribution in [2.24, 2.45) is 0 Å². The van der Waals surface area contributed by atoms with Gasteiger partial charge in [0.25, 0.3) is 0 Å². The molecule has 8 aromatic rings. The Labute approximate surface area is 286 Å². The molecule has 0 amide bonds. The Balaban J connectivity index is 1.21. The highest BCUT2D eigenvalue weighted by molar-refractivity contribution is 6.10. The van der Waals surface area contributed by atoms with Crippen LogP contribution >= 0.6 is 0 Å². The quantitative estimate of drug-likeness (QED) is 0.181. The average molecular weight is 619 g/mol. The zero-order valence-electron chi connectivity index (χ0n) is 26.9. The van der Waals surface area contributed by atoms with Gasteiger partial charge in [0, 0.05) is 0 Å². The van der Waals surface area contributed by atoms with Crippen LogP contribution in [0.3, 0.4) is 0 Å². The highest BCUT2D eigenvalue weighted by atomic mass is 14.5. The number of benzene rings is 8. The summed E-state index contributed by atoms with van der Waals surface area (Å²) in [5.74, 6) is 0. The Bertz CT molecular complexity index is 2760. The van der Waals surface area contributed by atoms with Gasteiger partial charge in [-0.1, -0.05) is 165 Å². The van der Waals surface area contributed by atoms with E-state index in [0.717, 1.165) is 11.1 Å². The normalized spacial score (nSPS) is 14.0. The Hall–Kier alpha value is -6.24. The predicted molar refractivity (Wildman–Crippen MR) is 207 cm³/mol. The monoisotopic (exact) mass is 618 g/mol. The van der Waals surface area contributed by atoms with Crippen LogP contribution in [0.25, 0.3) is 77.7 Å². The topological polar surface area (TPSA) is 0 Å². The first kappa shape index (κ1) is 26.8. The first-order valence-electron chi connectivity index (χ1n) is 17.1. The number of hydrogen-bond acceptors (Lipinski definition) is 0. The van der Waals surface area contributed by atoms with Crippen LogP contribution in [0.1, 0.15) is 38.9 Å². The van der Waals surface area contributed by atoms with E-state index in [1.165, 1.54) is 99.4 Å². The fourth-order valence-corrected chi connectivity index (χ4v) is 9.67. The molecule has 0 unspecified atom stereocenters. The summed E-state index contributed by atoms with van der Waals surface area (Å²) < 4.78 is 0. The molecule has 3 aliphatic rings. The molecule has 0 N–H and O–H groups in total. The second kappa shape index (κ2) is 9.43. The van der Waals surface area contributed by atoms with Crippen LogP contribution in [-0.4, -0.2) is 0 Å². The predicted octanol–water partition coefficient (Wildman–Crippen LogP) is 12.7. The molecule has 0 heteroatoms. The molecule has 3 aliphatic carbocycles. The maximum Gasteiger partial charge on any atom is 0.0737 e. The van der Waals surface area contributed by atoms with Crippen LogP contribution in [0.2, 0.25) is 0 Å². The molecule has 0 nitrogen and oxygen atoms in total. The fraction of sp³-hybridized carbons (Fsp3) is 0.0204. The van der Waals surface area contributed by atoms with Gasteiger partial charge in [-0.3, -0.25) is 0 Å². The lowest BCUT2D eigenvalue weighted by molar-refractivity contribution is 0.809. The number of rotatable bonds is 2. The summed E-state index contributed by atoms with van der Waals surface area (Å²) in [6.45, 7) is 8.84. The van der Waals surface area contributed by atoms with E-state index in [0.29, 0.717) is 0 Å². The Morgan fingerprint density at radius 2 is 0.980 bits per heavy atom. The molecule has 0 heterocycles. The lowest BCUT2D eigenvalue weighted by atomic mass is 9.68. The van der Waals surface area contributed by atoms with E-state index in [4.69, 9.17) is 0 Å². The Kier molecular flexibility index (Phi) is 5.16. The maximum atomic E-state index is 4.54. The van der Waals surface area contributed by atoms with Crippen LogP contribution in [-0.2, 0) is 5.41 Å². The minimum absolute atomic E-state index is 0.427. The van der Waals surface area contributed by atoms with Gasteiger partial charge >= 0.3 is 0 Å². The summed E-state index contributed by atoms with van der Waals surface area (Å²) in [7, 11) is 0.